The van der Waals surface area contributed by atoms with Crippen molar-refractivity contribution in [1.29, 1.82) is 0 Å². The van der Waals surface area contributed by atoms with Gasteiger partial charge in [-0.1, -0.05) is 115 Å². The number of hydrogen-bond donors (Lipinski definition) is 1. The molecule has 1 aromatic carbocycles. The summed E-state index contributed by atoms with van der Waals surface area (Å²) in [5.41, 5.74) is 0.111. The smallest absolute Gasteiger partial charge is 0.361 e. The zero-order chi connectivity index (χ0) is 23.5. The van der Waals surface area contributed by atoms with Gasteiger partial charge in [-0.2, -0.15) is 0 Å². The average Bonchev–Trinajstić information content (AvgIpc) is 2.76. The second-order valence-corrected chi connectivity index (χ2v) is 9.68. The predicted octanol–water partition coefficient (Wildman–Crippen LogP) is 6.56. The SMILES string of the molecule is CCCCCCCCCCCCCCCCCC(=O)OP(=O)(O)OC(=O)c1ccccc1.[AlH3]. The summed E-state index contributed by atoms with van der Waals surface area (Å²) in [5.74, 6) is -1.83. The van der Waals surface area contributed by atoms with E-state index in [1.54, 1.807) is 18.2 Å². The van der Waals surface area contributed by atoms with Gasteiger partial charge in [0.05, 0.1) is 5.56 Å². The van der Waals surface area contributed by atoms with Crippen LogP contribution in [0.5, 0.6) is 0 Å². The van der Waals surface area contributed by atoms with Crippen LogP contribution in [0.2, 0.25) is 0 Å². The number of carbonyl (C=O) groups excluding carboxylic acids is 2. The highest BCUT2D eigenvalue weighted by molar-refractivity contribution is 7.48. The molecule has 0 saturated heterocycles. The van der Waals surface area contributed by atoms with Crippen LogP contribution in [0.1, 0.15) is 120 Å². The lowest BCUT2D eigenvalue weighted by Crippen LogP contribution is -2.09. The van der Waals surface area contributed by atoms with Gasteiger partial charge in [0.1, 0.15) is 0 Å². The van der Waals surface area contributed by atoms with E-state index in [9.17, 15) is 19.0 Å². The minimum absolute atomic E-state index is 0. The lowest BCUT2D eigenvalue weighted by molar-refractivity contribution is -0.135. The van der Waals surface area contributed by atoms with E-state index in [4.69, 9.17) is 0 Å². The van der Waals surface area contributed by atoms with Crippen molar-refractivity contribution >= 4 is 37.1 Å². The van der Waals surface area contributed by atoms with Crippen molar-refractivity contribution in [2.24, 2.45) is 0 Å². The van der Waals surface area contributed by atoms with E-state index in [0.29, 0.717) is 6.42 Å². The molecule has 0 aromatic heterocycles. The summed E-state index contributed by atoms with van der Waals surface area (Å²) in [7, 11) is -4.76. The molecule has 0 aliphatic heterocycles. The van der Waals surface area contributed by atoms with Gasteiger partial charge in [0, 0.05) is 6.42 Å². The first kappa shape index (κ1) is 31.9. The molecule has 0 radical (unpaired) electrons. The molecule has 0 aliphatic rings. The van der Waals surface area contributed by atoms with E-state index in [1.165, 1.54) is 82.8 Å². The van der Waals surface area contributed by atoms with Crippen LogP contribution in [-0.2, 0) is 18.4 Å². The van der Waals surface area contributed by atoms with Gasteiger partial charge < -0.3 is 9.05 Å². The first-order valence-electron chi connectivity index (χ1n) is 12.3. The molecule has 0 bridgehead atoms. The van der Waals surface area contributed by atoms with Crippen molar-refractivity contribution in [2.45, 2.75) is 110 Å². The van der Waals surface area contributed by atoms with E-state index in [1.807, 2.05) is 0 Å². The van der Waals surface area contributed by atoms with E-state index in [-0.39, 0.29) is 29.3 Å². The maximum absolute atomic E-state index is 11.8. The molecule has 33 heavy (non-hydrogen) atoms. The van der Waals surface area contributed by atoms with Gasteiger partial charge in [-0.3, -0.25) is 9.69 Å². The average molecular weight is 499 g/mol. The maximum Gasteiger partial charge on any atom is 0.589 e. The van der Waals surface area contributed by atoms with Crippen LogP contribution in [0.4, 0.5) is 0 Å². The van der Waals surface area contributed by atoms with E-state index < -0.39 is 19.8 Å². The molecular weight excluding hydrogens is 454 g/mol. The molecule has 0 fully saturated rings. The van der Waals surface area contributed by atoms with Gasteiger partial charge in [-0.25, -0.2) is 9.36 Å². The normalized spacial score (nSPS) is 12.4. The minimum atomic E-state index is -4.76. The molecule has 1 atom stereocenters. The number of rotatable bonds is 19. The van der Waals surface area contributed by atoms with Crippen LogP contribution in [-0.4, -0.2) is 34.2 Å². The Balaban J connectivity index is 0.0000102. The monoisotopic (exact) mass is 498 g/mol. The van der Waals surface area contributed by atoms with Crippen LogP contribution in [0.15, 0.2) is 30.3 Å². The molecule has 0 amide bonds. The third-order valence-electron chi connectivity index (χ3n) is 5.41. The van der Waals surface area contributed by atoms with Crippen LogP contribution in [0.25, 0.3) is 0 Å². The maximum atomic E-state index is 11.8. The van der Waals surface area contributed by atoms with Crippen LogP contribution in [0, 0.1) is 0 Å². The highest BCUT2D eigenvalue weighted by Gasteiger charge is 2.30. The Kier molecular flexibility index (Phi) is 19.6. The third kappa shape index (κ3) is 18.0. The van der Waals surface area contributed by atoms with E-state index in [2.05, 4.69) is 16.0 Å². The lowest BCUT2D eigenvalue weighted by atomic mass is 10.0. The Labute approximate surface area is 210 Å². The second kappa shape index (κ2) is 20.3. The Morgan fingerprint density at radius 3 is 1.61 bits per heavy atom. The first-order valence-corrected chi connectivity index (χ1v) is 13.8. The Bertz CT molecular complexity index is 683. The van der Waals surface area contributed by atoms with E-state index in [0.717, 1.165) is 19.3 Å². The highest BCUT2D eigenvalue weighted by Crippen LogP contribution is 2.44. The van der Waals surface area contributed by atoms with Gasteiger partial charge in [0.15, 0.2) is 17.4 Å². The number of hydrogen-bond acceptors (Lipinski definition) is 5. The number of phosphoric ester groups is 1. The molecule has 1 rings (SSSR count). The van der Waals surface area contributed by atoms with Crippen LogP contribution < -0.4 is 0 Å². The number of carbonyl (C=O) groups is 2. The molecule has 0 heterocycles. The van der Waals surface area contributed by atoms with Crippen molar-refractivity contribution in [2.75, 3.05) is 0 Å². The Hall–Kier alpha value is -1.12. The summed E-state index contributed by atoms with van der Waals surface area (Å²) in [6.07, 6.45) is 18.3. The fourth-order valence-corrected chi connectivity index (χ4v) is 4.27. The standard InChI is InChI=1S/C25H41O6P.Al.3H/c1-2-3-4-5-6-7-8-9-10-11-12-13-14-15-19-22-24(26)30-32(28,29)31-25(27)23-20-17-16-18-21-23;;;;/h16-18,20-21H,2-15,19,22H2,1H3,(H,28,29);;;;. The van der Waals surface area contributed by atoms with Gasteiger partial charge in [0.2, 0.25) is 0 Å². The summed E-state index contributed by atoms with van der Waals surface area (Å²) >= 11 is 0. The summed E-state index contributed by atoms with van der Waals surface area (Å²) < 4.78 is 20.8. The zero-order valence-electron chi connectivity index (χ0n) is 19.6. The van der Waals surface area contributed by atoms with Gasteiger partial charge in [-0.05, 0) is 18.6 Å². The second-order valence-electron chi connectivity index (χ2n) is 8.38. The molecule has 1 N–H and O–H groups in total. The topological polar surface area (TPSA) is 89.9 Å². The quantitative estimate of drug-likeness (QED) is 0.132. The van der Waals surface area contributed by atoms with Crippen molar-refractivity contribution < 1.29 is 28.1 Å². The fraction of sp³-hybridized carbons (Fsp3) is 0.680. The number of benzene rings is 1. The van der Waals surface area contributed by atoms with E-state index >= 15 is 0 Å². The predicted molar refractivity (Wildman–Crippen MR) is 137 cm³/mol. The molecule has 1 aromatic rings. The number of unbranched alkanes of at least 4 members (excludes halogenated alkanes) is 14. The van der Waals surface area contributed by atoms with Gasteiger partial charge in [0.25, 0.3) is 0 Å². The zero-order valence-corrected chi connectivity index (χ0v) is 20.5. The molecule has 6 nitrogen and oxygen atoms in total. The molecule has 0 spiro atoms. The van der Waals surface area contributed by atoms with Crippen molar-refractivity contribution in [3.63, 3.8) is 0 Å². The molecule has 1 unspecified atom stereocenters. The van der Waals surface area contributed by atoms with Crippen molar-refractivity contribution in [3.8, 4) is 0 Å². The molecule has 188 valence electrons. The summed E-state index contributed by atoms with van der Waals surface area (Å²) in [6.45, 7) is 2.25. The first-order chi connectivity index (χ1) is 15.4. The van der Waals surface area contributed by atoms with Crippen LogP contribution in [0.3, 0.4) is 0 Å². The summed E-state index contributed by atoms with van der Waals surface area (Å²) in [5, 5.41) is 0. The van der Waals surface area contributed by atoms with Gasteiger partial charge in [-0.15, -0.1) is 0 Å². The molecule has 0 aliphatic carbocycles. The van der Waals surface area contributed by atoms with Crippen molar-refractivity contribution in [3.05, 3.63) is 35.9 Å². The lowest BCUT2D eigenvalue weighted by Gasteiger charge is -2.11. The largest absolute Gasteiger partial charge is 0.589 e. The molecule has 8 heteroatoms. The Morgan fingerprint density at radius 2 is 1.15 bits per heavy atom. The summed E-state index contributed by atoms with van der Waals surface area (Å²) in [6, 6.07) is 7.79. The fourth-order valence-electron chi connectivity index (χ4n) is 3.57. The highest BCUT2D eigenvalue weighted by atomic mass is 31.2. The number of phosphoric acid groups is 1. The summed E-state index contributed by atoms with van der Waals surface area (Å²) in [4.78, 5) is 33.2. The third-order valence-corrected chi connectivity index (χ3v) is 6.24. The van der Waals surface area contributed by atoms with Gasteiger partial charge >= 0.3 is 19.8 Å². The van der Waals surface area contributed by atoms with Crippen molar-refractivity contribution in [1.82, 2.24) is 0 Å². The molecular formula is C25H44AlO6P. The van der Waals surface area contributed by atoms with Crippen LogP contribution >= 0.6 is 7.82 Å². The minimum Gasteiger partial charge on any atom is -0.361 e. The Morgan fingerprint density at radius 1 is 0.727 bits per heavy atom. The molecule has 0 saturated carbocycles.